The monoisotopic (exact) mass is 227 g/mol. The zero-order valence-electron chi connectivity index (χ0n) is 8.90. The lowest BCUT2D eigenvalue weighted by molar-refractivity contribution is -0.141. The molecule has 0 spiro atoms. The molecular weight excluding hydrogens is 210 g/mol. The van der Waals surface area contributed by atoms with Gasteiger partial charge in [0.05, 0.1) is 5.92 Å². The zero-order chi connectivity index (χ0) is 11.1. The lowest BCUT2D eigenvalue weighted by atomic mass is 10.1. The highest BCUT2D eigenvalue weighted by Gasteiger charge is 2.13. The van der Waals surface area contributed by atoms with E-state index in [9.17, 15) is 4.79 Å². The van der Waals surface area contributed by atoms with Crippen molar-refractivity contribution in [1.82, 2.24) is 5.32 Å². The molecule has 84 valence electrons. The van der Waals surface area contributed by atoms with E-state index in [1.807, 2.05) is 13.0 Å². The number of carboxylic acids is 1. The average molecular weight is 227 g/mol. The highest BCUT2D eigenvalue weighted by Crippen LogP contribution is 2.08. The Morgan fingerprint density at radius 2 is 2.47 bits per heavy atom. The molecule has 1 atom stereocenters. The molecular formula is C11H17NO2S. The largest absolute Gasteiger partial charge is 0.481 e. The molecule has 0 aliphatic heterocycles. The maximum absolute atomic E-state index is 10.7. The van der Waals surface area contributed by atoms with E-state index in [0.29, 0.717) is 13.0 Å². The van der Waals surface area contributed by atoms with Crippen molar-refractivity contribution in [2.24, 2.45) is 5.92 Å². The van der Waals surface area contributed by atoms with Gasteiger partial charge in [0.1, 0.15) is 0 Å². The van der Waals surface area contributed by atoms with Crippen molar-refractivity contribution in [3.05, 3.63) is 22.4 Å². The quantitative estimate of drug-likeness (QED) is 0.700. The maximum atomic E-state index is 10.7. The Kier molecular flexibility index (Phi) is 5.36. The summed E-state index contributed by atoms with van der Waals surface area (Å²) in [5.74, 6) is -0.963. The molecule has 15 heavy (non-hydrogen) atoms. The SMILES string of the molecule is CCC(CNCCc1cccs1)C(=O)O. The second-order valence-electron chi connectivity index (χ2n) is 3.48. The molecule has 4 heteroatoms. The fourth-order valence-corrected chi connectivity index (χ4v) is 2.06. The third-order valence-electron chi connectivity index (χ3n) is 2.36. The van der Waals surface area contributed by atoms with E-state index in [4.69, 9.17) is 5.11 Å². The fraction of sp³-hybridized carbons (Fsp3) is 0.545. The van der Waals surface area contributed by atoms with E-state index in [1.54, 1.807) is 11.3 Å². The first-order chi connectivity index (χ1) is 7.24. The molecule has 0 aliphatic rings. The van der Waals surface area contributed by atoms with Crippen LogP contribution in [-0.2, 0) is 11.2 Å². The van der Waals surface area contributed by atoms with Crippen LogP contribution in [0.4, 0.5) is 0 Å². The molecule has 0 bridgehead atoms. The minimum atomic E-state index is -0.707. The van der Waals surface area contributed by atoms with Crippen LogP contribution in [0.25, 0.3) is 0 Å². The number of nitrogens with one attached hydrogen (secondary N) is 1. The van der Waals surface area contributed by atoms with Crippen molar-refractivity contribution in [2.75, 3.05) is 13.1 Å². The Morgan fingerprint density at radius 1 is 1.67 bits per heavy atom. The zero-order valence-corrected chi connectivity index (χ0v) is 9.72. The molecule has 1 heterocycles. The summed E-state index contributed by atoms with van der Waals surface area (Å²) in [7, 11) is 0. The van der Waals surface area contributed by atoms with Crippen LogP contribution in [0.5, 0.6) is 0 Å². The van der Waals surface area contributed by atoms with Gasteiger partial charge in [0, 0.05) is 11.4 Å². The van der Waals surface area contributed by atoms with Crippen molar-refractivity contribution in [3.8, 4) is 0 Å². The van der Waals surface area contributed by atoms with Crippen molar-refractivity contribution >= 4 is 17.3 Å². The van der Waals surface area contributed by atoms with Gasteiger partial charge in [-0.2, -0.15) is 0 Å². The topological polar surface area (TPSA) is 49.3 Å². The highest BCUT2D eigenvalue weighted by atomic mass is 32.1. The van der Waals surface area contributed by atoms with Crippen LogP contribution >= 0.6 is 11.3 Å². The van der Waals surface area contributed by atoms with Crippen LogP contribution in [-0.4, -0.2) is 24.2 Å². The third-order valence-corrected chi connectivity index (χ3v) is 3.30. The molecule has 1 unspecified atom stereocenters. The van der Waals surface area contributed by atoms with E-state index in [1.165, 1.54) is 4.88 Å². The summed E-state index contributed by atoms with van der Waals surface area (Å²) >= 11 is 1.74. The second kappa shape index (κ2) is 6.58. The fourth-order valence-electron chi connectivity index (χ4n) is 1.35. The standard InChI is InChI=1S/C11H17NO2S/c1-2-9(11(13)14)8-12-6-5-10-4-3-7-15-10/h3-4,7,9,12H,2,5-6,8H2,1H3,(H,13,14). The lowest BCUT2D eigenvalue weighted by Gasteiger charge is -2.10. The van der Waals surface area contributed by atoms with Gasteiger partial charge in [0.2, 0.25) is 0 Å². The summed E-state index contributed by atoms with van der Waals surface area (Å²) in [6, 6.07) is 4.13. The Morgan fingerprint density at radius 3 is 3.00 bits per heavy atom. The summed E-state index contributed by atoms with van der Waals surface area (Å²) in [5.41, 5.74) is 0. The minimum absolute atomic E-state index is 0.256. The maximum Gasteiger partial charge on any atom is 0.307 e. The Hall–Kier alpha value is -0.870. The van der Waals surface area contributed by atoms with Gasteiger partial charge in [-0.05, 0) is 30.8 Å². The van der Waals surface area contributed by atoms with Gasteiger partial charge in [0.15, 0.2) is 0 Å². The first-order valence-electron chi connectivity index (χ1n) is 5.20. The second-order valence-corrected chi connectivity index (χ2v) is 4.51. The molecule has 1 aromatic rings. The summed E-state index contributed by atoms with van der Waals surface area (Å²) in [4.78, 5) is 12.1. The normalized spacial score (nSPS) is 12.6. The predicted molar refractivity (Wildman–Crippen MR) is 62.3 cm³/mol. The van der Waals surface area contributed by atoms with Crippen molar-refractivity contribution in [3.63, 3.8) is 0 Å². The van der Waals surface area contributed by atoms with Gasteiger partial charge in [-0.25, -0.2) is 0 Å². The van der Waals surface area contributed by atoms with Gasteiger partial charge >= 0.3 is 5.97 Å². The first kappa shape index (κ1) is 12.2. The molecule has 1 aromatic heterocycles. The summed E-state index contributed by atoms with van der Waals surface area (Å²) in [6.45, 7) is 3.32. The minimum Gasteiger partial charge on any atom is -0.481 e. The van der Waals surface area contributed by atoms with Gasteiger partial charge in [0.25, 0.3) is 0 Å². The average Bonchev–Trinajstić information content (AvgIpc) is 2.70. The molecule has 0 amide bonds. The summed E-state index contributed by atoms with van der Waals surface area (Å²) < 4.78 is 0. The van der Waals surface area contributed by atoms with Gasteiger partial charge in [-0.1, -0.05) is 13.0 Å². The van der Waals surface area contributed by atoms with E-state index in [0.717, 1.165) is 13.0 Å². The number of carbonyl (C=O) groups is 1. The first-order valence-corrected chi connectivity index (χ1v) is 6.08. The van der Waals surface area contributed by atoms with E-state index < -0.39 is 5.97 Å². The van der Waals surface area contributed by atoms with Crippen molar-refractivity contribution in [2.45, 2.75) is 19.8 Å². The molecule has 0 saturated heterocycles. The molecule has 0 saturated carbocycles. The molecule has 0 aromatic carbocycles. The molecule has 0 aliphatic carbocycles. The number of aliphatic carboxylic acids is 1. The van der Waals surface area contributed by atoms with Crippen molar-refractivity contribution < 1.29 is 9.90 Å². The Bertz CT molecular complexity index is 285. The van der Waals surface area contributed by atoms with Crippen LogP contribution in [0.15, 0.2) is 17.5 Å². The summed E-state index contributed by atoms with van der Waals surface area (Å²) in [5, 5.41) is 14.1. The van der Waals surface area contributed by atoms with E-state index in [-0.39, 0.29) is 5.92 Å². The van der Waals surface area contributed by atoms with Crippen LogP contribution in [0.1, 0.15) is 18.2 Å². The lowest BCUT2D eigenvalue weighted by Crippen LogP contribution is -2.29. The van der Waals surface area contributed by atoms with E-state index in [2.05, 4.69) is 16.8 Å². The number of hydrogen-bond acceptors (Lipinski definition) is 3. The van der Waals surface area contributed by atoms with Gasteiger partial charge in [-0.15, -0.1) is 11.3 Å². The number of carboxylic acid groups (broad SMARTS) is 1. The number of hydrogen-bond donors (Lipinski definition) is 2. The van der Waals surface area contributed by atoms with Crippen molar-refractivity contribution in [1.29, 1.82) is 0 Å². The molecule has 3 nitrogen and oxygen atoms in total. The number of thiophene rings is 1. The molecule has 0 radical (unpaired) electrons. The highest BCUT2D eigenvalue weighted by molar-refractivity contribution is 7.09. The summed E-state index contributed by atoms with van der Waals surface area (Å²) in [6.07, 6.45) is 1.66. The third kappa shape index (κ3) is 4.44. The van der Waals surface area contributed by atoms with Gasteiger partial charge in [-0.3, -0.25) is 4.79 Å². The van der Waals surface area contributed by atoms with E-state index >= 15 is 0 Å². The van der Waals surface area contributed by atoms with Crippen LogP contribution in [0, 0.1) is 5.92 Å². The predicted octanol–water partition coefficient (Wildman–Crippen LogP) is 1.99. The van der Waals surface area contributed by atoms with Gasteiger partial charge < -0.3 is 10.4 Å². The van der Waals surface area contributed by atoms with Crippen LogP contribution in [0.3, 0.4) is 0 Å². The van der Waals surface area contributed by atoms with Crippen LogP contribution < -0.4 is 5.32 Å². The Labute approximate surface area is 94.1 Å². The smallest absolute Gasteiger partial charge is 0.307 e. The molecule has 1 rings (SSSR count). The molecule has 0 fully saturated rings. The van der Waals surface area contributed by atoms with Crippen LogP contribution in [0.2, 0.25) is 0 Å². The molecule has 2 N–H and O–H groups in total. The Balaban J connectivity index is 2.13. The number of rotatable bonds is 7.